The third-order valence-corrected chi connectivity index (χ3v) is 4.49. The summed E-state index contributed by atoms with van der Waals surface area (Å²) < 4.78 is 0.870. The second-order valence-corrected chi connectivity index (χ2v) is 5.72. The van der Waals surface area contributed by atoms with Crippen molar-refractivity contribution in [2.24, 2.45) is 10.7 Å². The quantitative estimate of drug-likeness (QED) is 0.908. The van der Waals surface area contributed by atoms with Crippen molar-refractivity contribution in [3.8, 4) is 0 Å². The number of benzene rings is 1. The second-order valence-electron chi connectivity index (χ2n) is 4.46. The molecule has 0 spiro atoms. The molecule has 1 heterocycles. The van der Waals surface area contributed by atoms with Crippen LogP contribution in [-0.4, -0.2) is 18.0 Å². The molecule has 1 aliphatic rings. The monoisotopic (exact) mass is 315 g/mol. The number of aliphatic imine (C=N–C) groups is 1. The predicted molar refractivity (Wildman–Crippen MR) is 76.8 cm³/mol. The first-order chi connectivity index (χ1) is 7.98. The van der Waals surface area contributed by atoms with Gasteiger partial charge in [-0.25, -0.2) is 0 Å². The number of nitrogens with two attached hydrogens (primary N) is 1. The Morgan fingerprint density at radius 3 is 2.88 bits per heavy atom. The van der Waals surface area contributed by atoms with Crippen LogP contribution >= 0.6 is 27.5 Å². The maximum Gasteiger partial charge on any atom is 0.196 e. The zero-order valence-corrected chi connectivity index (χ0v) is 12.2. The van der Waals surface area contributed by atoms with Gasteiger partial charge in [0.25, 0.3) is 0 Å². The first kappa shape index (κ1) is 12.7. The zero-order valence-electron chi connectivity index (χ0n) is 9.87. The van der Waals surface area contributed by atoms with Gasteiger partial charge in [0.05, 0.1) is 17.1 Å². The van der Waals surface area contributed by atoms with E-state index in [1.54, 1.807) is 0 Å². The van der Waals surface area contributed by atoms with Crippen LogP contribution in [0.15, 0.2) is 27.7 Å². The topological polar surface area (TPSA) is 41.6 Å². The average molecular weight is 317 g/mol. The lowest BCUT2D eigenvalue weighted by Gasteiger charge is -2.35. The van der Waals surface area contributed by atoms with E-state index in [9.17, 15) is 0 Å². The molecule has 0 aromatic heterocycles. The van der Waals surface area contributed by atoms with Crippen molar-refractivity contribution in [1.29, 1.82) is 0 Å². The van der Waals surface area contributed by atoms with Gasteiger partial charge in [-0.3, -0.25) is 4.99 Å². The van der Waals surface area contributed by atoms with Gasteiger partial charge in [0.15, 0.2) is 5.96 Å². The fourth-order valence-electron chi connectivity index (χ4n) is 2.01. The minimum absolute atomic E-state index is 0.0443. The third kappa shape index (κ3) is 2.16. The first-order valence-corrected chi connectivity index (χ1v) is 6.70. The summed E-state index contributed by atoms with van der Waals surface area (Å²) in [7, 11) is 0. The maximum atomic E-state index is 6.00. The van der Waals surface area contributed by atoms with E-state index in [0.717, 1.165) is 23.1 Å². The molecule has 2 N–H and O–H groups in total. The van der Waals surface area contributed by atoms with E-state index in [2.05, 4.69) is 39.7 Å². The van der Waals surface area contributed by atoms with Crippen LogP contribution in [0.4, 0.5) is 5.69 Å². The SMILES string of the molecule is CCC1(C)CN=C(N)N1c1ccc(Cl)c(Br)c1. The van der Waals surface area contributed by atoms with Crippen molar-refractivity contribution >= 4 is 39.2 Å². The smallest absolute Gasteiger partial charge is 0.196 e. The molecule has 2 rings (SSSR count). The molecule has 0 fully saturated rings. The number of hydrogen-bond acceptors (Lipinski definition) is 3. The van der Waals surface area contributed by atoms with Gasteiger partial charge < -0.3 is 10.6 Å². The summed E-state index contributed by atoms with van der Waals surface area (Å²) in [4.78, 5) is 6.42. The molecule has 5 heteroatoms. The predicted octanol–water partition coefficient (Wildman–Crippen LogP) is 3.41. The summed E-state index contributed by atoms with van der Waals surface area (Å²) in [5.41, 5.74) is 6.95. The fourth-order valence-corrected chi connectivity index (χ4v) is 2.49. The van der Waals surface area contributed by atoms with Crippen molar-refractivity contribution in [2.75, 3.05) is 11.4 Å². The molecular weight excluding hydrogens is 302 g/mol. The Labute approximate surface area is 115 Å². The molecule has 0 saturated carbocycles. The van der Waals surface area contributed by atoms with Crippen LogP contribution in [0.5, 0.6) is 0 Å². The van der Waals surface area contributed by atoms with Crippen molar-refractivity contribution in [2.45, 2.75) is 25.8 Å². The lowest BCUT2D eigenvalue weighted by molar-refractivity contribution is 0.486. The highest BCUT2D eigenvalue weighted by Gasteiger charge is 2.37. The van der Waals surface area contributed by atoms with Crippen LogP contribution < -0.4 is 10.6 Å². The van der Waals surface area contributed by atoms with Crippen molar-refractivity contribution < 1.29 is 0 Å². The van der Waals surface area contributed by atoms with Crippen molar-refractivity contribution in [3.63, 3.8) is 0 Å². The molecule has 1 atom stereocenters. The van der Waals surface area contributed by atoms with Gasteiger partial charge in [-0.05, 0) is 47.5 Å². The highest BCUT2D eigenvalue weighted by molar-refractivity contribution is 9.10. The summed E-state index contributed by atoms with van der Waals surface area (Å²) in [6.07, 6.45) is 0.984. The largest absolute Gasteiger partial charge is 0.369 e. The van der Waals surface area contributed by atoms with Crippen LogP contribution in [0.3, 0.4) is 0 Å². The Balaban J connectivity index is 2.44. The highest BCUT2D eigenvalue weighted by atomic mass is 79.9. The standard InChI is InChI=1S/C12H15BrClN3/c1-3-12(2)7-16-11(15)17(12)8-4-5-10(14)9(13)6-8/h4-6H,3,7H2,1-2H3,(H2,15,16). The van der Waals surface area contributed by atoms with Gasteiger partial charge in [0.2, 0.25) is 0 Å². The van der Waals surface area contributed by atoms with Crippen LogP contribution in [0.2, 0.25) is 5.02 Å². The minimum atomic E-state index is -0.0443. The molecule has 92 valence electrons. The van der Waals surface area contributed by atoms with E-state index in [1.807, 2.05) is 18.2 Å². The van der Waals surface area contributed by atoms with Crippen molar-refractivity contribution in [3.05, 3.63) is 27.7 Å². The normalized spacial score (nSPS) is 24.0. The summed E-state index contributed by atoms with van der Waals surface area (Å²) in [5, 5.41) is 0.696. The Kier molecular flexibility index (Phi) is 3.36. The molecule has 0 aliphatic carbocycles. The van der Waals surface area contributed by atoms with Crippen molar-refractivity contribution in [1.82, 2.24) is 0 Å². The summed E-state index contributed by atoms with van der Waals surface area (Å²) in [6.45, 7) is 5.04. The lowest BCUT2D eigenvalue weighted by atomic mass is 9.97. The molecule has 1 aromatic rings. The van der Waals surface area contributed by atoms with E-state index < -0.39 is 0 Å². The fraction of sp³-hybridized carbons (Fsp3) is 0.417. The van der Waals surface area contributed by atoms with Gasteiger partial charge in [0, 0.05) is 10.2 Å². The zero-order chi connectivity index (χ0) is 12.6. The number of nitrogens with zero attached hydrogens (tertiary/aromatic N) is 2. The number of guanidine groups is 1. The number of halogens is 2. The first-order valence-electron chi connectivity index (χ1n) is 5.53. The average Bonchev–Trinajstić information content (AvgIpc) is 2.60. The van der Waals surface area contributed by atoms with E-state index in [1.165, 1.54) is 0 Å². The van der Waals surface area contributed by atoms with Gasteiger partial charge in [-0.1, -0.05) is 18.5 Å². The van der Waals surface area contributed by atoms with Gasteiger partial charge in [-0.2, -0.15) is 0 Å². The molecule has 1 aromatic carbocycles. The minimum Gasteiger partial charge on any atom is -0.369 e. The number of anilines is 1. The van der Waals surface area contributed by atoms with E-state index in [0.29, 0.717) is 11.0 Å². The van der Waals surface area contributed by atoms with Gasteiger partial charge in [-0.15, -0.1) is 0 Å². The third-order valence-electron chi connectivity index (χ3n) is 3.27. The molecule has 0 amide bonds. The van der Waals surface area contributed by atoms with Crippen LogP contribution in [-0.2, 0) is 0 Å². The van der Waals surface area contributed by atoms with Gasteiger partial charge >= 0.3 is 0 Å². The lowest BCUT2D eigenvalue weighted by Crippen LogP contribution is -2.49. The summed E-state index contributed by atoms with van der Waals surface area (Å²) in [6, 6.07) is 5.81. The summed E-state index contributed by atoms with van der Waals surface area (Å²) in [5.74, 6) is 0.573. The molecule has 0 radical (unpaired) electrons. The molecule has 1 unspecified atom stereocenters. The highest BCUT2D eigenvalue weighted by Crippen LogP contribution is 2.34. The van der Waals surface area contributed by atoms with E-state index >= 15 is 0 Å². The second kappa shape index (κ2) is 4.50. The Hall–Kier alpha value is -0.740. The van der Waals surface area contributed by atoms with E-state index in [-0.39, 0.29) is 5.54 Å². The van der Waals surface area contributed by atoms with Crippen LogP contribution in [0, 0.1) is 0 Å². The molecular formula is C12H15BrClN3. The number of rotatable bonds is 2. The van der Waals surface area contributed by atoms with Crippen LogP contribution in [0.1, 0.15) is 20.3 Å². The Bertz CT molecular complexity index is 475. The molecule has 3 nitrogen and oxygen atoms in total. The number of hydrogen-bond donors (Lipinski definition) is 1. The van der Waals surface area contributed by atoms with Gasteiger partial charge in [0.1, 0.15) is 0 Å². The molecule has 0 saturated heterocycles. The maximum absolute atomic E-state index is 6.00. The summed E-state index contributed by atoms with van der Waals surface area (Å²) >= 11 is 9.44. The molecule has 17 heavy (non-hydrogen) atoms. The molecule has 1 aliphatic heterocycles. The molecule has 0 bridgehead atoms. The Morgan fingerprint density at radius 2 is 2.29 bits per heavy atom. The van der Waals surface area contributed by atoms with Crippen LogP contribution in [0.25, 0.3) is 0 Å². The Morgan fingerprint density at radius 1 is 1.59 bits per heavy atom. The van der Waals surface area contributed by atoms with E-state index in [4.69, 9.17) is 17.3 Å².